The molecular formula is C27H38N4O4S. The molecule has 1 fully saturated rings. The minimum atomic E-state index is -3.95. The molecule has 0 aromatic heterocycles. The van der Waals surface area contributed by atoms with E-state index in [9.17, 15) is 18.0 Å². The Morgan fingerprint density at radius 2 is 1.58 bits per heavy atom. The number of hydrogen-bond donors (Lipinski definition) is 1. The van der Waals surface area contributed by atoms with Gasteiger partial charge >= 0.3 is 10.2 Å². The molecule has 2 amide bonds. The monoisotopic (exact) mass is 514 g/mol. The summed E-state index contributed by atoms with van der Waals surface area (Å²) in [6, 6.07) is 15.6. The first kappa shape index (κ1) is 27.7. The third-order valence-corrected chi connectivity index (χ3v) is 8.48. The molecule has 0 aliphatic heterocycles. The van der Waals surface area contributed by atoms with Gasteiger partial charge in [0.25, 0.3) is 0 Å². The van der Waals surface area contributed by atoms with Gasteiger partial charge in [-0.2, -0.15) is 12.7 Å². The Bertz CT molecular complexity index is 1110. The van der Waals surface area contributed by atoms with Gasteiger partial charge in [0.2, 0.25) is 11.8 Å². The molecule has 1 aliphatic carbocycles. The van der Waals surface area contributed by atoms with Crippen LogP contribution in [0.15, 0.2) is 54.6 Å². The molecule has 1 saturated carbocycles. The Kier molecular flexibility index (Phi) is 9.50. The van der Waals surface area contributed by atoms with Crippen molar-refractivity contribution in [2.45, 2.75) is 64.6 Å². The SMILES string of the molecule is Cc1ccc(CN(C(=O)CN(c2ccccc2)S(=O)(=O)N(C)C)[C@@H](C)C(=O)NC2CCCCC2)cc1. The van der Waals surface area contributed by atoms with Gasteiger partial charge in [0, 0.05) is 26.7 Å². The summed E-state index contributed by atoms with van der Waals surface area (Å²) in [6.45, 7) is 3.47. The van der Waals surface area contributed by atoms with Crippen molar-refractivity contribution in [3.63, 3.8) is 0 Å². The van der Waals surface area contributed by atoms with Crippen LogP contribution < -0.4 is 9.62 Å². The van der Waals surface area contributed by atoms with E-state index in [1.54, 1.807) is 37.3 Å². The first-order valence-electron chi connectivity index (χ1n) is 12.5. The fraction of sp³-hybridized carbons (Fsp3) is 0.481. The number of benzene rings is 2. The van der Waals surface area contributed by atoms with Crippen LogP contribution in [0.5, 0.6) is 0 Å². The summed E-state index contributed by atoms with van der Waals surface area (Å²) in [5.74, 6) is -0.666. The Labute approximate surface area is 215 Å². The molecule has 1 aliphatic rings. The first-order valence-corrected chi connectivity index (χ1v) is 13.9. The summed E-state index contributed by atoms with van der Waals surface area (Å²) in [6.07, 6.45) is 5.22. The Morgan fingerprint density at radius 3 is 2.17 bits per heavy atom. The standard InChI is InChI=1S/C27H38N4O4S/c1-21-15-17-23(18-16-21)19-30(22(2)27(33)28-24-11-7-5-8-12-24)26(32)20-31(36(34,35)29(3)4)25-13-9-6-10-14-25/h6,9-10,13-18,22,24H,5,7-8,11-12,19-20H2,1-4H3,(H,28,33)/t22-/m0/s1. The van der Waals surface area contributed by atoms with Crippen molar-refractivity contribution in [3.8, 4) is 0 Å². The molecule has 3 rings (SSSR count). The molecule has 9 heteroatoms. The van der Waals surface area contributed by atoms with Crippen molar-refractivity contribution < 1.29 is 18.0 Å². The lowest BCUT2D eigenvalue weighted by atomic mass is 9.95. The molecule has 0 radical (unpaired) electrons. The molecule has 2 aromatic carbocycles. The highest BCUT2D eigenvalue weighted by molar-refractivity contribution is 7.90. The van der Waals surface area contributed by atoms with Gasteiger partial charge in [0.15, 0.2) is 0 Å². The molecule has 8 nitrogen and oxygen atoms in total. The van der Waals surface area contributed by atoms with E-state index in [0.29, 0.717) is 5.69 Å². The fourth-order valence-electron chi connectivity index (χ4n) is 4.35. The predicted octanol–water partition coefficient (Wildman–Crippen LogP) is 3.47. The van der Waals surface area contributed by atoms with Gasteiger partial charge in [0.1, 0.15) is 12.6 Å². The molecule has 36 heavy (non-hydrogen) atoms. The topological polar surface area (TPSA) is 90.0 Å². The van der Waals surface area contributed by atoms with Crippen LogP contribution in [0.2, 0.25) is 0 Å². The van der Waals surface area contributed by atoms with Crippen molar-refractivity contribution in [3.05, 3.63) is 65.7 Å². The van der Waals surface area contributed by atoms with Crippen LogP contribution in [-0.4, -0.2) is 62.2 Å². The summed E-state index contributed by atoms with van der Waals surface area (Å²) in [7, 11) is -1.09. The summed E-state index contributed by atoms with van der Waals surface area (Å²) in [5, 5.41) is 3.11. The summed E-state index contributed by atoms with van der Waals surface area (Å²) >= 11 is 0. The maximum absolute atomic E-state index is 13.7. The number of hydrogen-bond acceptors (Lipinski definition) is 4. The second-order valence-electron chi connectivity index (χ2n) is 9.66. The van der Waals surface area contributed by atoms with E-state index in [1.165, 1.54) is 25.4 Å². The molecular weight excluding hydrogens is 476 g/mol. The number of carbonyl (C=O) groups excluding carboxylic acids is 2. The van der Waals surface area contributed by atoms with Gasteiger partial charge in [-0.3, -0.25) is 9.59 Å². The number of rotatable bonds is 10. The van der Waals surface area contributed by atoms with Gasteiger partial charge in [0.05, 0.1) is 5.69 Å². The highest BCUT2D eigenvalue weighted by atomic mass is 32.2. The molecule has 1 atom stereocenters. The lowest BCUT2D eigenvalue weighted by Gasteiger charge is -2.34. The fourth-order valence-corrected chi connectivity index (χ4v) is 5.41. The summed E-state index contributed by atoms with van der Waals surface area (Å²) in [4.78, 5) is 28.4. The maximum Gasteiger partial charge on any atom is 0.304 e. The zero-order valence-corrected chi connectivity index (χ0v) is 22.5. The highest BCUT2D eigenvalue weighted by Crippen LogP contribution is 2.21. The minimum absolute atomic E-state index is 0.111. The quantitative estimate of drug-likeness (QED) is 0.526. The van der Waals surface area contributed by atoms with E-state index in [4.69, 9.17) is 0 Å². The average molecular weight is 515 g/mol. The average Bonchev–Trinajstić information content (AvgIpc) is 2.87. The molecule has 2 aromatic rings. The summed E-state index contributed by atoms with van der Waals surface area (Å²) < 4.78 is 28.5. The molecule has 0 heterocycles. The lowest BCUT2D eigenvalue weighted by Crippen LogP contribution is -2.53. The Morgan fingerprint density at radius 1 is 0.972 bits per heavy atom. The van der Waals surface area contributed by atoms with E-state index in [-0.39, 0.29) is 18.5 Å². The zero-order chi connectivity index (χ0) is 26.3. The van der Waals surface area contributed by atoms with Gasteiger partial charge in [-0.05, 0) is 44.4 Å². The summed E-state index contributed by atoms with van der Waals surface area (Å²) in [5.41, 5.74) is 2.34. The van der Waals surface area contributed by atoms with E-state index in [0.717, 1.165) is 45.4 Å². The number of carbonyl (C=O) groups is 2. The number of anilines is 1. The Balaban J connectivity index is 1.88. The molecule has 0 saturated heterocycles. The van der Waals surface area contributed by atoms with Crippen LogP contribution in [0.4, 0.5) is 5.69 Å². The lowest BCUT2D eigenvalue weighted by molar-refractivity contribution is -0.139. The van der Waals surface area contributed by atoms with Gasteiger partial charge in [-0.25, -0.2) is 4.31 Å². The third-order valence-electron chi connectivity index (χ3n) is 6.66. The van der Waals surface area contributed by atoms with Crippen molar-refractivity contribution in [2.75, 3.05) is 24.9 Å². The Hall–Kier alpha value is -2.91. The van der Waals surface area contributed by atoms with Crippen molar-refractivity contribution >= 4 is 27.7 Å². The molecule has 1 N–H and O–H groups in total. The zero-order valence-electron chi connectivity index (χ0n) is 21.7. The van der Waals surface area contributed by atoms with Gasteiger partial charge < -0.3 is 10.2 Å². The highest BCUT2D eigenvalue weighted by Gasteiger charge is 2.33. The van der Waals surface area contributed by atoms with Crippen LogP contribution >= 0.6 is 0 Å². The van der Waals surface area contributed by atoms with Crippen LogP contribution in [0, 0.1) is 6.92 Å². The number of nitrogens with one attached hydrogen (secondary N) is 1. The van der Waals surface area contributed by atoms with E-state index >= 15 is 0 Å². The molecule has 196 valence electrons. The van der Waals surface area contributed by atoms with E-state index in [2.05, 4.69) is 5.32 Å². The number of para-hydroxylation sites is 1. The van der Waals surface area contributed by atoms with E-state index < -0.39 is 28.7 Å². The van der Waals surface area contributed by atoms with Crippen molar-refractivity contribution in [1.82, 2.24) is 14.5 Å². The van der Waals surface area contributed by atoms with Crippen molar-refractivity contribution in [1.29, 1.82) is 0 Å². The van der Waals surface area contributed by atoms with Crippen LogP contribution in [0.1, 0.15) is 50.2 Å². The number of aryl methyl sites for hydroxylation is 1. The van der Waals surface area contributed by atoms with Crippen LogP contribution in [0.25, 0.3) is 0 Å². The molecule has 0 spiro atoms. The largest absolute Gasteiger partial charge is 0.352 e. The normalized spacial score (nSPS) is 15.4. The first-order chi connectivity index (χ1) is 17.1. The number of amides is 2. The number of nitrogens with zero attached hydrogens (tertiary/aromatic N) is 3. The third kappa shape index (κ3) is 7.07. The van der Waals surface area contributed by atoms with E-state index in [1.807, 2.05) is 31.2 Å². The van der Waals surface area contributed by atoms with Gasteiger partial charge in [-0.15, -0.1) is 0 Å². The van der Waals surface area contributed by atoms with Gasteiger partial charge in [-0.1, -0.05) is 67.3 Å². The molecule has 0 unspecified atom stereocenters. The molecule has 0 bridgehead atoms. The second kappa shape index (κ2) is 12.4. The van der Waals surface area contributed by atoms with Crippen molar-refractivity contribution in [2.24, 2.45) is 0 Å². The second-order valence-corrected chi connectivity index (χ2v) is 11.7. The van der Waals surface area contributed by atoms with Crippen LogP contribution in [0.3, 0.4) is 0 Å². The van der Waals surface area contributed by atoms with Crippen LogP contribution in [-0.2, 0) is 26.3 Å². The maximum atomic E-state index is 13.7. The minimum Gasteiger partial charge on any atom is -0.352 e. The predicted molar refractivity (Wildman–Crippen MR) is 143 cm³/mol. The smallest absolute Gasteiger partial charge is 0.304 e.